The van der Waals surface area contributed by atoms with Crippen LogP contribution < -0.4 is 14.7 Å². The van der Waals surface area contributed by atoms with E-state index in [4.69, 9.17) is 4.98 Å². The first-order valence-electron chi connectivity index (χ1n) is 17.1. The third-order valence-electron chi connectivity index (χ3n) is 9.41. The van der Waals surface area contributed by atoms with Crippen molar-refractivity contribution in [2.45, 2.75) is 36.0 Å². The second-order valence-electron chi connectivity index (χ2n) is 13.7. The summed E-state index contributed by atoms with van der Waals surface area (Å²) in [4.78, 5) is 18.2. The van der Waals surface area contributed by atoms with Crippen molar-refractivity contribution >= 4 is 51.7 Å². The summed E-state index contributed by atoms with van der Waals surface area (Å²) in [5.74, 6) is 0.849. The molecule has 4 heterocycles. The van der Waals surface area contributed by atoms with Gasteiger partial charge in [-0.3, -0.25) is 4.98 Å². The van der Waals surface area contributed by atoms with Crippen molar-refractivity contribution < 1.29 is 20.4 Å². The van der Waals surface area contributed by atoms with E-state index in [1.165, 1.54) is 5.56 Å². The van der Waals surface area contributed by atoms with Gasteiger partial charge in [0.05, 0.1) is 5.69 Å². The molecule has 9 rings (SSSR count). The van der Waals surface area contributed by atoms with Crippen LogP contribution >= 0.6 is 11.8 Å². The van der Waals surface area contributed by atoms with Gasteiger partial charge in [-0.25, -0.2) is 4.98 Å². The zero-order chi connectivity index (χ0) is 34.5. The van der Waals surface area contributed by atoms with Gasteiger partial charge in [-0.05, 0) is 59.0 Å². The summed E-state index contributed by atoms with van der Waals surface area (Å²) in [5, 5.41) is 0. The summed E-state index contributed by atoms with van der Waals surface area (Å²) in [5.41, 5.74) is 11.9. The molecular weight excluding hydrogens is 749 g/mol. The summed E-state index contributed by atoms with van der Waals surface area (Å²) in [6.07, 6.45) is 5.74. The van der Waals surface area contributed by atoms with Gasteiger partial charge in [0, 0.05) is 61.6 Å². The quantitative estimate of drug-likeness (QED) is 0.128. The summed E-state index contributed by atoms with van der Waals surface area (Å²) >= 11 is 1.66. The first-order valence-corrected chi connectivity index (χ1v) is 17.9. The van der Waals surface area contributed by atoms with Crippen molar-refractivity contribution in [3.63, 3.8) is 0 Å². The van der Waals surface area contributed by atoms with Crippen molar-refractivity contribution in [3.8, 4) is 22.3 Å². The van der Waals surface area contributed by atoms with E-state index in [0.717, 1.165) is 72.0 Å². The molecule has 0 aliphatic carbocycles. The Morgan fingerprint density at radius 1 is 0.615 bits per heavy atom. The van der Waals surface area contributed by atoms with Gasteiger partial charge in [0.25, 0.3) is 0 Å². The van der Waals surface area contributed by atoms with Crippen LogP contribution in [0.5, 0.6) is 0 Å². The maximum absolute atomic E-state index is 4.95. The van der Waals surface area contributed by atoms with Crippen LogP contribution in [0, 0.1) is 18.8 Å². The molecule has 0 fully saturated rings. The van der Waals surface area contributed by atoms with Crippen LogP contribution in [0.4, 0.5) is 39.9 Å². The van der Waals surface area contributed by atoms with Crippen LogP contribution in [0.25, 0.3) is 22.3 Å². The Morgan fingerprint density at radius 2 is 1.33 bits per heavy atom. The Labute approximate surface area is 323 Å². The Balaban J connectivity index is 0.00000387. The first kappa shape index (κ1) is 33.9. The van der Waals surface area contributed by atoms with Gasteiger partial charge >= 0.3 is 0 Å². The van der Waals surface area contributed by atoms with Crippen molar-refractivity contribution in [1.82, 2.24) is 9.97 Å². The van der Waals surface area contributed by atoms with E-state index in [2.05, 4.69) is 181 Å². The van der Waals surface area contributed by atoms with Crippen LogP contribution in [-0.4, -0.2) is 9.97 Å². The topological polar surface area (TPSA) is 35.5 Å². The molecule has 258 valence electrons. The standard InChI is InChI=1S/C45H34N5S.Pd/c1-45(2,3)31-22-25-47-44(26-31)50-40-23-24-46-29-39(40)37-17-8-7-16-36(37)38-21-20-35(28-43(38)50)51-34-15-11-14-33(27-34)49-30-48(32-12-5-4-6-13-32)41-18-9-10-19-42(41)49;/h4-26,29-30H,1-3H3;/q-3;. The minimum absolute atomic E-state index is 0. The van der Waals surface area contributed by atoms with Crippen molar-refractivity contribution in [2.24, 2.45) is 0 Å². The molecule has 5 aromatic carbocycles. The molecule has 7 heteroatoms. The minimum atomic E-state index is -0.0376. The van der Waals surface area contributed by atoms with Crippen LogP contribution in [0.2, 0.25) is 0 Å². The number of hydrogen-bond acceptors (Lipinski definition) is 6. The summed E-state index contributed by atoms with van der Waals surface area (Å²) in [7, 11) is 0. The number of benzene rings is 5. The average molecular weight is 783 g/mol. The average Bonchev–Trinajstić information content (AvgIpc) is 3.50. The number of fused-ring (bicyclic) bond motifs is 6. The number of anilines is 7. The SMILES string of the molecule is CC(C)(C)c1ccnc(N2c3[c-]c(Sc4[c-]c(N5[CH-]N(c6ccccc6)c6ccccc65)ccc4)ccc3-c3ccccc3-c3cnccc32)c1.[Pd]. The van der Waals surface area contributed by atoms with Crippen LogP contribution in [0.3, 0.4) is 0 Å². The van der Waals surface area contributed by atoms with Gasteiger partial charge in [-0.15, -0.1) is 57.7 Å². The molecule has 0 saturated heterocycles. The zero-order valence-corrected chi connectivity index (χ0v) is 31.3. The molecule has 0 atom stereocenters. The summed E-state index contributed by atoms with van der Waals surface area (Å²) in [6, 6.07) is 52.2. The van der Waals surface area contributed by atoms with Crippen LogP contribution in [-0.2, 0) is 25.8 Å². The van der Waals surface area contributed by atoms with Gasteiger partial charge in [0.2, 0.25) is 0 Å². The van der Waals surface area contributed by atoms with Crippen LogP contribution in [0.15, 0.2) is 156 Å². The predicted octanol–water partition coefficient (Wildman–Crippen LogP) is 12.0. The molecule has 2 aromatic heterocycles. The molecule has 0 radical (unpaired) electrons. The molecule has 52 heavy (non-hydrogen) atoms. The molecule has 2 aliphatic rings. The van der Waals surface area contributed by atoms with Crippen LogP contribution in [0.1, 0.15) is 26.3 Å². The smallest absolute Gasteiger partial charge is 0.135 e. The number of hydrogen-bond donors (Lipinski definition) is 0. The fourth-order valence-corrected chi connectivity index (χ4v) is 7.70. The van der Waals surface area contributed by atoms with Crippen molar-refractivity contribution in [1.29, 1.82) is 0 Å². The summed E-state index contributed by atoms with van der Waals surface area (Å²) in [6.45, 7) is 8.85. The summed E-state index contributed by atoms with van der Waals surface area (Å²) < 4.78 is 0. The second-order valence-corrected chi connectivity index (χ2v) is 14.8. The van der Waals surface area contributed by atoms with E-state index < -0.39 is 0 Å². The first-order chi connectivity index (χ1) is 24.9. The van der Waals surface area contributed by atoms with Gasteiger partial charge in [0.15, 0.2) is 0 Å². The third-order valence-corrected chi connectivity index (χ3v) is 10.3. The maximum Gasteiger partial charge on any atom is 0.135 e. The number of rotatable bonds is 5. The normalized spacial score (nSPS) is 13.0. The Bertz CT molecular complexity index is 2410. The van der Waals surface area contributed by atoms with Gasteiger partial charge in [0.1, 0.15) is 5.82 Å². The van der Waals surface area contributed by atoms with Gasteiger partial charge < -0.3 is 14.7 Å². The molecular formula is C45H34N5PdS-3. The fraction of sp³-hybridized carbons (Fsp3) is 0.0889. The number of aromatic nitrogens is 2. The molecule has 2 aliphatic heterocycles. The molecule has 0 amide bonds. The fourth-order valence-electron chi connectivity index (χ4n) is 6.88. The number of pyridine rings is 2. The van der Waals surface area contributed by atoms with E-state index in [1.807, 2.05) is 24.7 Å². The molecule has 5 nitrogen and oxygen atoms in total. The Morgan fingerprint density at radius 3 is 2.12 bits per heavy atom. The van der Waals surface area contributed by atoms with Crippen molar-refractivity contribution in [2.75, 3.05) is 14.7 Å². The maximum atomic E-state index is 4.95. The van der Waals surface area contributed by atoms with Gasteiger partial charge in [-0.1, -0.05) is 86.6 Å². The minimum Gasteiger partial charge on any atom is -0.493 e. The molecule has 0 saturated carbocycles. The van der Waals surface area contributed by atoms with E-state index in [1.54, 1.807) is 11.8 Å². The number of nitrogens with zero attached hydrogens (tertiary/aromatic N) is 5. The molecule has 0 unspecified atom stereocenters. The monoisotopic (exact) mass is 782 g/mol. The number of para-hydroxylation sites is 3. The molecule has 0 spiro atoms. The van der Waals surface area contributed by atoms with Crippen molar-refractivity contribution in [3.05, 3.63) is 170 Å². The van der Waals surface area contributed by atoms with E-state index in [-0.39, 0.29) is 25.8 Å². The molecule has 0 bridgehead atoms. The zero-order valence-electron chi connectivity index (χ0n) is 28.9. The molecule has 7 aromatic rings. The Hall–Kier alpha value is -5.19. The largest absolute Gasteiger partial charge is 0.493 e. The second kappa shape index (κ2) is 13.7. The van der Waals surface area contributed by atoms with Gasteiger partial charge in [-0.2, -0.15) is 24.3 Å². The van der Waals surface area contributed by atoms with E-state index in [0.29, 0.717) is 0 Å². The predicted molar refractivity (Wildman–Crippen MR) is 210 cm³/mol. The third kappa shape index (κ3) is 6.09. The molecule has 0 N–H and O–H groups in total. The Kier molecular flexibility index (Phi) is 8.97. The van der Waals surface area contributed by atoms with E-state index >= 15 is 0 Å². The van der Waals surface area contributed by atoms with E-state index in [9.17, 15) is 0 Å².